The van der Waals surface area contributed by atoms with Crippen LogP contribution in [-0.4, -0.2) is 34.6 Å². The second-order valence-corrected chi connectivity index (χ2v) is 3.81. The highest BCUT2D eigenvalue weighted by atomic mass is 16.5. The highest BCUT2D eigenvalue weighted by Crippen LogP contribution is 2.03. The van der Waals surface area contributed by atoms with E-state index in [2.05, 4.69) is 16.1 Å². The van der Waals surface area contributed by atoms with Gasteiger partial charge < -0.3 is 10.3 Å². The Morgan fingerprint density at radius 1 is 1.26 bits per heavy atom. The molecule has 19 heavy (non-hydrogen) atoms. The van der Waals surface area contributed by atoms with Crippen LogP contribution in [0, 0.1) is 0 Å². The molecule has 0 atom stereocenters. The summed E-state index contributed by atoms with van der Waals surface area (Å²) < 4.78 is 4.56. The van der Waals surface area contributed by atoms with E-state index in [1.54, 1.807) is 13.0 Å². The smallest absolute Gasteiger partial charge is 0.441 e. The van der Waals surface area contributed by atoms with Crippen LogP contribution in [0.25, 0.3) is 5.53 Å². The number of unbranched alkanes of at least 4 members (excludes halogenated alkanes) is 1. The Balaban J connectivity index is 4.22. The van der Waals surface area contributed by atoms with Crippen LogP contribution >= 0.6 is 0 Å². The first kappa shape index (κ1) is 16.9. The van der Waals surface area contributed by atoms with E-state index in [0.717, 1.165) is 6.42 Å². The Bertz CT molecular complexity index is 409. The summed E-state index contributed by atoms with van der Waals surface area (Å²) in [6, 6.07) is 0. The molecule has 0 saturated carbocycles. The molecule has 0 bridgehead atoms. The topological polar surface area (TPSA) is 96.8 Å². The average molecular weight is 266 g/mol. The molecule has 0 radical (unpaired) electrons. The summed E-state index contributed by atoms with van der Waals surface area (Å²) in [6.07, 6.45) is 3.38. The Kier molecular flexibility index (Phi) is 8.83. The third kappa shape index (κ3) is 7.06. The van der Waals surface area contributed by atoms with Crippen molar-refractivity contribution in [3.63, 3.8) is 0 Å². The zero-order valence-corrected chi connectivity index (χ0v) is 11.1. The Morgan fingerprint density at radius 3 is 2.47 bits per heavy atom. The summed E-state index contributed by atoms with van der Waals surface area (Å²) in [7, 11) is 0. The van der Waals surface area contributed by atoms with Gasteiger partial charge in [-0.3, -0.25) is 9.59 Å². The normalized spacial score (nSPS) is 9.32. The van der Waals surface area contributed by atoms with Gasteiger partial charge in [-0.25, -0.2) is 4.79 Å². The SMILES string of the molecule is C=CCCCC(=O)CCC(=O)C(=[N+]=[N-])C(=O)OCC. The second kappa shape index (κ2) is 9.91. The van der Waals surface area contributed by atoms with Crippen molar-refractivity contribution in [2.45, 2.75) is 39.0 Å². The van der Waals surface area contributed by atoms with Crippen molar-refractivity contribution in [1.29, 1.82) is 0 Å². The van der Waals surface area contributed by atoms with Crippen molar-refractivity contribution < 1.29 is 23.9 Å². The van der Waals surface area contributed by atoms with E-state index in [1.165, 1.54) is 0 Å². The van der Waals surface area contributed by atoms with Crippen LogP contribution in [0.2, 0.25) is 0 Å². The number of carbonyl (C=O) groups excluding carboxylic acids is 3. The van der Waals surface area contributed by atoms with Crippen molar-refractivity contribution >= 4 is 23.2 Å². The summed E-state index contributed by atoms with van der Waals surface area (Å²) in [4.78, 5) is 36.9. The number of ketones is 2. The molecule has 0 aliphatic heterocycles. The van der Waals surface area contributed by atoms with E-state index in [0.29, 0.717) is 12.8 Å². The summed E-state index contributed by atoms with van der Waals surface area (Å²) in [6.45, 7) is 5.19. The minimum absolute atomic E-state index is 0.0222. The molecule has 104 valence electrons. The van der Waals surface area contributed by atoms with Gasteiger partial charge >= 0.3 is 11.7 Å². The first-order chi connectivity index (χ1) is 9.06. The number of hydrogen-bond acceptors (Lipinski definition) is 4. The standard InChI is InChI=1S/C13H18N2O4/c1-3-5-6-7-10(16)8-9-11(17)12(15-14)13(18)19-4-2/h3H,1,4-9H2,2H3. The molecule has 0 aliphatic carbocycles. The highest BCUT2D eigenvalue weighted by Gasteiger charge is 2.30. The maximum atomic E-state index is 11.6. The minimum atomic E-state index is -0.978. The molecule has 0 aromatic heterocycles. The van der Waals surface area contributed by atoms with E-state index >= 15 is 0 Å². The molecule has 0 unspecified atom stereocenters. The number of esters is 1. The van der Waals surface area contributed by atoms with Crippen molar-refractivity contribution in [2.75, 3.05) is 6.61 Å². The van der Waals surface area contributed by atoms with Crippen LogP contribution in [0.1, 0.15) is 39.0 Å². The fourth-order valence-corrected chi connectivity index (χ4v) is 1.35. The molecule has 0 aromatic carbocycles. The number of rotatable bonds is 10. The zero-order chi connectivity index (χ0) is 14.7. The predicted octanol–water partition coefficient (Wildman–Crippen LogP) is 1.50. The number of carbonyl (C=O) groups is 3. The van der Waals surface area contributed by atoms with E-state index in [4.69, 9.17) is 5.53 Å². The lowest BCUT2D eigenvalue weighted by Crippen LogP contribution is -2.27. The largest absolute Gasteiger partial charge is 0.457 e. The van der Waals surface area contributed by atoms with Crippen LogP contribution in [0.4, 0.5) is 0 Å². The lowest BCUT2D eigenvalue weighted by atomic mass is 10.0. The van der Waals surface area contributed by atoms with Gasteiger partial charge in [-0.15, -0.1) is 6.58 Å². The van der Waals surface area contributed by atoms with E-state index in [9.17, 15) is 14.4 Å². The first-order valence-electron chi connectivity index (χ1n) is 6.11. The molecule has 0 heterocycles. The van der Waals surface area contributed by atoms with E-state index in [-0.39, 0.29) is 25.2 Å². The van der Waals surface area contributed by atoms with Crippen molar-refractivity contribution in [3.8, 4) is 0 Å². The molecule has 0 aromatic rings. The van der Waals surface area contributed by atoms with Gasteiger partial charge in [0.05, 0.1) is 6.61 Å². The van der Waals surface area contributed by atoms with Gasteiger partial charge in [0.2, 0.25) is 0 Å². The van der Waals surface area contributed by atoms with Gasteiger partial charge in [0, 0.05) is 19.3 Å². The number of ether oxygens (including phenoxy) is 1. The van der Waals surface area contributed by atoms with E-state index in [1.807, 2.05) is 0 Å². The zero-order valence-electron chi connectivity index (χ0n) is 11.1. The predicted molar refractivity (Wildman–Crippen MR) is 68.6 cm³/mol. The Morgan fingerprint density at radius 2 is 1.95 bits per heavy atom. The van der Waals surface area contributed by atoms with Crippen molar-refractivity contribution in [2.24, 2.45) is 0 Å². The average Bonchev–Trinajstić information content (AvgIpc) is 2.38. The summed E-state index contributed by atoms with van der Waals surface area (Å²) in [5.41, 5.74) is 7.94. The lowest BCUT2D eigenvalue weighted by Gasteiger charge is -1.99. The van der Waals surface area contributed by atoms with Crippen LogP contribution in [0.5, 0.6) is 0 Å². The minimum Gasteiger partial charge on any atom is -0.457 e. The first-order valence-corrected chi connectivity index (χ1v) is 6.11. The molecular weight excluding hydrogens is 248 g/mol. The molecule has 0 aliphatic rings. The van der Waals surface area contributed by atoms with Crippen LogP contribution in [0.3, 0.4) is 0 Å². The molecule has 0 fully saturated rings. The monoisotopic (exact) mass is 266 g/mol. The molecule has 0 N–H and O–H groups in total. The highest BCUT2D eigenvalue weighted by molar-refractivity contribution is 6.62. The number of nitrogens with zero attached hydrogens (tertiary/aromatic N) is 2. The van der Waals surface area contributed by atoms with Crippen molar-refractivity contribution in [1.82, 2.24) is 0 Å². The fraction of sp³-hybridized carbons (Fsp3) is 0.538. The Hall–Kier alpha value is -2.07. The van der Waals surface area contributed by atoms with Crippen LogP contribution < -0.4 is 0 Å². The third-order valence-electron chi connectivity index (χ3n) is 2.33. The van der Waals surface area contributed by atoms with Crippen LogP contribution in [0.15, 0.2) is 12.7 Å². The summed E-state index contributed by atoms with van der Waals surface area (Å²) in [5, 5.41) is 0. The molecule has 6 heteroatoms. The third-order valence-corrected chi connectivity index (χ3v) is 2.33. The quantitative estimate of drug-likeness (QED) is 0.114. The van der Waals surface area contributed by atoms with Gasteiger partial charge in [0.15, 0.2) is 0 Å². The maximum Gasteiger partial charge on any atom is 0.441 e. The maximum absolute atomic E-state index is 11.6. The van der Waals surface area contributed by atoms with Gasteiger partial charge in [-0.05, 0) is 19.8 Å². The molecule has 6 nitrogen and oxygen atoms in total. The number of Topliss-reactive ketones (excluding diaryl/α,β-unsaturated/α-hetero) is 2. The number of allylic oxidation sites excluding steroid dienone is 1. The molecule has 0 amide bonds. The Labute approximate surface area is 112 Å². The molecule has 0 spiro atoms. The van der Waals surface area contributed by atoms with Gasteiger partial charge in [-0.1, -0.05) is 6.08 Å². The molecule has 0 saturated heterocycles. The van der Waals surface area contributed by atoms with Gasteiger partial charge in [-0.2, -0.15) is 4.79 Å². The second-order valence-electron chi connectivity index (χ2n) is 3.81. The lowest BCUT2D eigenvalue weighted by molar-refractivity contribution is -0.142. The van der Waals surface area contributed by atoms with Crippen LogP contribution in [-0.2, 0) is 19.1 Å². The summed E-state index contributed by atoms with van der Waals surface area (Å²) in [5.74, 6) is -1.75. The summed E-state index contributed by atoms with van der Waals surface area (Å²) >= 11 is 0. The molecular formula is C13H18N2O4. The van der Waals surface area contributed by atoms with E-state index < -0.39 is 17.5 Å². The molecule has 0 rings (SSSR count). The number of hydrogen-bond donors (Lipinski definition) is 0. The van der Waals surface area contributed by atoms with Gasteiger partial charge in [0.25, 0.3) is 5.78 Å². The van der Waals surface area contributed by atoms with Crippen molar-refractivity contribution in [3.05, 3.63) is 18.2 Å². The van der Waals surface area contributed by atoms with Gasteiger partial charge in [0.1, 0.15) is 5.78 Å². The fourth-order valence-electron chi connectivity index (χ4n) is 1.35.